The summed E-state index contributed by atoms with van der Waals surface area (Å²) in [5.74, 6) is -3.01. The Bertz CT molecular complexity index is 528. The van der Waals surface area contributed by atoms with Crippen molar-refractivity contribution < 1.29 is 24.6 Å². The third kappa shape index (κ3) is 4.24. The minimum absolute atomic E-state index is 0.282. The molecule has 7 heteroatoms. The summed E-state index contributed by atoms with van der Waals surface area (Å²) in [6, 6.07) is 6.05. The first-order valence-electron chi connectivity index (χ1n) is 5.73. The summed E-state index contributed by atoms with van der Waals surface area (Å²) in [5.41, 5.74) is -1.24. The van der Waals surface area contributed by atoms with Crippen molar-refractivity contribution in [2.75, 3.05) is 6.54 Å². The van der Waals surface area contributed by atoms with Crippen LogP contribution in [-0.2, 0) is 9.59 Å². The van der Waals surface area contributed by atoms with Crippen LogP contribution in [0.4, 0.5) is 0 Å². The number of carboxylic acid groups (broad SMARTS) is 2. The molecule has 6 nitrogen and oxygen atoms in total. The predicted molar refractivity (Wildman–Crippen MR) is 71.8 cm³/mol. The van der Waals surface area contributed by atoms with Crippen LogP contribution in [0.1, 0.15) is 23.7 Å². The van der Waals surface area contributed by atoms with E-state index in [0.717, 1.165) is 0 Å². The quantitative estimate of drug-likeness (QED) is 0.741. The van der Waals surface area contributed by atoms with Crippen LogP contribution in [0, 0.1) is 5.41 Å². The lowest BCUT2D eigenvalue weighted by molar-refractivity contribution is -0.154. The van der Waals surface area contributed by atoms with Gasteiger partial charge >= 0.3 is 11.9 Å². The van der Waals surface area contributed by atoms with Gasteiger partial charge in [0.2, 0.25) is 0 Å². The number of carboxylic acids is 2. The molecule has 1 atom stereocenters. The molecule has 0 fully saturated rings. The largest absolute Gasteiger partial charge is 0.481 e. The summed E-state index contributed by atoms with van der Waals surface area (Å²) in [6.07, 6.45) is -0.580. The Labute approximate surface area is 120 Å². The Morgan fingerprint density at radius 3 is 2.20 bits per heavy atom. The fourth-order valence-corrected chi connectivity index (χ4v) is 1.65. The molecule has 0 aromatic heterocycles. The molecule has 0 saturated heterocycles. The van der Waals surface area contributed by atoms with Crippen molar-refractivity contribution >= 4 is 29.4 Å². The first kappa shape index (κ1) is 16.0. The van der Waals surface area contributed by atoms with Gasteiger partial charge in [0.05, 0.1) is 11.8 Å². The highest BCUT2D eigenvalue weighted by Crippen LogP contribution is 2.21. The van der Waals surface area contributed by atoms with Crippen LogP contribution >= 0.6 is 11.6 Å². The summed E-state index contributed by atoms with van der Waals surface area (Å²) >= 11 is 5.69. The molecule has 0 bridgehead atoms. The van der Waals surface area contributed by atoms with Crippen LogP contribution < -0.4 is 5.32 Å². The van der Waals surface area contributed by atoms with E-state index in [4.69, 9.17) is 21.8 Å². The van der Waals surface area contributed by atoms with Crippen LogP contribution in [-0.4, -0.2) is 34.6 Å². The smallest absolute Gasteiger partial charge is 0.311 e. The van der Waals surface area contributed by atoms with Crippen molar-refractivity contribution in [1.29, 1.82) is 0 Å². The molecule has 0 spiro atoms. The van der Waals surface area contributed by atoms with Crippen molar-refractivity contribution in [3.63, 3.8) is 0 Å². The van der Waals surface area contributed by atoms with Gasteiger partial charge in [-0.15, -0.1) is 0 Å². The molecular formula is C13H14ClNO5. The van der Waals surface area contributed by atoms with E-state index in [-0.39, 0.29) is 6.54 Å². The molecule has 0 aliphatic carbocycles. The van der Waals surface area contributed by atoms with E-state index in [9.17, 15) is 14.4 Å². The van der Waals surface area contributed by atoms with Crippen LogP contribution in [0.15, 0.2) is 24.3 Å². The van der Waals surface area contributed by atoms with Gasteiger partial charge in [0.25, 0.3) is 5.91 Å². The molecule has 3 N–H and O–H groups in total. The van der Waals surface area contributed by atoms with Gasteiger partial charge in [0.1, 0.15) is 0 Å². The molecule has 0 aliphatic rings. The fraction of sp³-hybridized carbons (Fsp3) is 0.308. The zero-order valence-corrected chi connectivity index (χ0v) is 11.5. The molecular weight excluding hydrogens is 286 g/mol. The van der Waals surface area contributed by atoms with E-state index < -0.39 is 29.7 Å². The summed E-state index contributed by atoms with van der Waals surface area (Å²) in [6.45, 7) is 0.988. The first-order chi connectivity index (χ1) is 9.24. The lowest BCUT2D eigenvalue weighted by Crippen LogP contribution is -2.42. The number of rotatable bonds is 6. The third-order valence-electron chi connectivity index (χ3n) is 2.80. The van der Waals surface area contributed by atoms with E-state index in [1.54, 1.807) is 0 Å². The van der Waals surface area contributed by atoms with Gasteiger partial charge in [0, 0.05) is 17.1 Å². The highest BCUT2D eigenvalue weighted by molar-refractivity contribution is 6.30. The van der Waals surface area contributed by atoms with E-state index in [1.165, 1.54) is 31.2 Å². The first-order valence-corrected chi connectivity index (χ1v) is 6.11. The van der Waals surface area contributed by atoms with Crippen LogP contribution in [0.5, 0.6) is 0 Å². The van der Waals surface area contributed by atoms with Crippen molar-refractivity contribution in [1.82, 2.24) is 5.32 Å². The number of hydrogen-bond donors (Lipinski definition) is 3. The van der Waals surface area contributed by atoms with E-state index in [0.29, 0.717) is 10.6 Å². The standard InChI is InChI=1S/C13H14ClNO5/c1-13(12(19)20,6-10(16)17)7-15-11(18)8-2-4-9(14)5-3-8/h2-5H,6-7H2,1H3,(H,15,18)(H,16,17)(H,19,20). The number of carbonyl (C=O) groups is 3. The van der Waals surface area contributed by atoms with E-state index >= 15 is 0 Å². The maximum absolute atomic E-state index is 11.8. The van der Waals surface area contributed by atoms with Crippen LogP contribution in [0.2, 0.25) is 5.02 Å². The van der Waals surface area contributed by atoms with Crippen LogP contribution in [0.25, 0.3) is 0 Å². The van der Waals surface area contributed by atoms with Crippen molar-refractivity contribution in [3.8, 4) is 0 Å². The average Bonchev–Trinajstić information content (AvgIpc) is 2.36. The second-order valence-corrected chi connectivity index (χ2v) is 5.06. The number of hydrogen-bond acceptors (Lipinski definition) is 3. The van der Waals surface area contributed by atoms with Gasteiger partial charge in [-0.1, -0.05) is 11.6 Å². The Morgan fingerprint density at radius 2 is 1.75 bits per heavy atom. The lowest BCUT2D eigenvalue weighted by Gasteiger charge is -2.23. The molecule has 0 radical (unpaired) electrons. The summed E-state index contributed by atoms with van der Waals surface area (Å²) < 4.78 is 0. The minimum atomic E-state index is -1.56. The topological polar surface area (TPSA) is 104 Å². The number of aliphatic carboxylic acids is 2. The highest BCUT2D eigenvalue weighted by Gasteiger charge is 2.36. The SMILES string of the molecule is CC(CNC(=O)c1ccc(Cl)cc1)(CC(=O)O)C(=O)O. The fourth-order valence-electron chi connectivity index (χ4n) is 1.53. The molecule has 20 heavy (non-hydrogen) atoms. The number of benzene rings is 1. The summed E-state index contributed by atoms with van der Waals surface area (Å²) in [7, 11) is 0. The second-order valence-electron chi connectivity index (χ2n) is 4.63. The normalized spacial score (nSPS) is 13.3. The van der Waals surface area contributed by atoms with Crippen molar-refractivity contribution in [2.24, 2.45) is 5.41 Å². The molecule has 1 unspecified atom stereocenters. The average molecular weight is 300 g/mol. The second kappa shape index (κ2) is 6.38. The molecule has 1 aromatic carbocycles. The summed E-state index contributed by atoms with van der Waals surface area (Å²) in [5, 5.41) is 20.7. The van der Waals surface area contributed by atoms with Crippen molar-refractivity contribution in [2.45, 2.75) is 13.3 Å². The molecule has 0 saturated carbocycles. The highest BCUT2D eigenvalue weighted by atomic mass is 35.5. The number of halogens is 1. The zero-order valence-electron chi connectivity index (χ0n) is 10.7. The van der Waals surface area contributed by atoms with Gasteiger partial charge < -0.3 is 15.5 Å². The van der Waals surface area contributed by atoms with E-state index in [1.807, 2.05) is 0 Å². The third-order valence-corrected chi connectivity index (χ3v) is 3.06. The van der Waals surface area contributed by atoms with E-state index in [2.05, 4.69) is 5.32 Å². The van der Waals surface area contributed by atoms with Gasteiger partial charge in [-0.25, -0.2) is 0 Å². The van der Waals surface area contributed by atoms with Gasteiger partial charge in [-0.3, -0.25) is 14.4 Å². The number of nitrogens with one attached hydrogen (secondary N) is 1. The Balaban J connectivity index is 2.72. The van der Waals surface area contributed by atoms with Crippen molar-refractivity contribution in [3.05, 3.63) is 34.9 Å². The Morgan fingerprint density at radius 1 is 1.20 bits per heavy atom. The Hall–Kier alpha value is -2.08. The molecule has 1 amide bonds. The van der Waals surface area contributed by atoms with Crippen LogP contribution in [0.3, 0.4) is 0 Å². The summed E-state index contributed by atoms with van der Waals surface area (Å²) in [4.78, 5) is 33.6. The van der Waals surface area contributed by atoms with Gasteiger partial charge in [-0.05, 0) is 31.2 Å². The number of carbonyl (C=O) groups excluding carboxylic acids is 1. The molecule has 1 rings (SSSR count). The zero-order chi connectivity index (χ0) is 15.3. The molecule has 1 aromatic rings. The van der Waals surface area contributed by atoms with Gasteiger partial charge in [0.15, 0.2) is 0 Å². The molecule has 0 heterocycles. The maximum Gasteiger partial charge on any atom is 0.311 e. The number of amides is 1. The van der Waals surface area contributed by atoms with Gasteiger partial charge in [-0.2, -0.15) is 0 Å². The monoisotopic (exact) mass is 299 g/mol. The lowest BCUT2D eigenvalue weighted by atomic mass is 9.86. The molecule has 0 aliphatic heterocycles. The Kier molecular flexibility index (Phi) is 5.10. The molecule has 108 valence electrons. The maximum atomic E-state index is 11.8. The predicted octanol–water partition coefficient (Wildman–Crippen LogP) is 1.64. The minimum Gasteiger partial charge on any atom is -0.481 e.